The van der Waals surface area contributed by atoms with Crippen molar-refractivity contribution in [3.63, 3.8) is 0 Å². The predicted molar refractivity (Wildman–Crippen MR) is 73.8 cm³/mol. The molecule has 1 aliphatic rings. The molecule has 1 amide bonds. The molecule has 1 fully saturated rings. The average Bonchev–Trinajstić information content (AvgIpc) is 2.35. The van der Waals surface area contributed by atoms with Gasteiger partial charge in [0.2, 0.25) is 5.91 Å². The summed E-state index contributed by atoms with van der Waals surface area (Å²) in [4.78, 5) is 13.8. The van der Waals surface area contributed by atoms with Crippen molar-refractivity contribution in [2.75, 3.05) is 42.2 Å². The van der Waals surface area contributed by atoms with Crippen molar-refractivity contribution in [3.05, 3.63) is 24.3 Å². The van der Waals surface area contributed by atoms with E-state index in [2.05, 4.69) is 5.32 Å². The first-order valence-corrected chi connectivity index (χ1v) is 7.35. The first-order valence-electron chi connectivity index (χ1n) is 5.86. The van der Waals surface area contributed by atoms with Gasteiger partial charge in [-0.2, -0.15) is 0 Å². The lowest BCUT2D eigenvalue weighted by Crippen LogP contribution is -2.42. The topological polar surface area (TPSA) is 75.4 Å². The number of anilines is 2. The molecule has 0 bridgehead atoms. The Morgan fingerprint density at radius 1 is 1.28 bits per heavy atom. The highest BCUT2D eigenvalue weighted by molar-refractivity contribution is 7.85. The minimum absolute atomic E-state index is 0.0487. The fraction of sp³-hybridized carbons (Fsp3) is 0.417. The van der Waals surface area contributed by atoms with Crippen LogP contribution in [-0.4, -0.2) is 46.2 Å². The third-order valence-corrected chi connectivity index (χ3v) is 4.11. The zero-order valence-electron chi connectivity index (χ0n) is 10.1. The number of nitrogen functional groups attached to an aromatic ring is 1. The predicted octanol–water partition coefficient (Wildman–Crippen LogP) is 0.272. The first-order chi connectivity index (χ1) is 8.63. The molecule has 0 unspecified atom stereocenters. The van der Waals surface area contributed by atoms with Gasteiger partial charge in [0, 0.05) is 46.8 Å². The lowest BCUT2D eigenvalue weighted by Gasteiger charge is -2.25. The Morgan fingerprint density at radius 3 is 2.50 bits per heavy atom. The van der Waals surface area contributed by atoms with E-state index in [0.29, 0.717) is 23.7 Å². The summed E-state index contributed by atoms with van der Waals surface area (Å²) in [5, 5.41) is 2.82. The second-order valence-corrected chi connectivity index (χ2v) is 5.99. The van der Waals surface area contributed by atoms with Crippen molar-refractivity contribution in [1.82, 2.24) is 4.90 Å². The molecule has 0 saturated carbocycles. The molecule has 6 heteroatoms. The quantitative estimate of drug-likeness (QED) is 0.771. The summed E-state index contributed by atoms with van der Waals surface area (Å²) in [5.41, 5.74) is 6.99. The highest BCUT2D eigenvalue weighted by Gasteiger charge is 2.17. The molecule has 0 spiro atoms. The Labute approximate surface area is 109 Å². The maximum Gasteiger partial charge on any atom is 0.238 e. The fourth-order valence-corrected chi connectivity index (χ4v) is 2.93. The number of amides is 1. The van der Waals surface area contributed by atoms with Crippen LogP contribution in [0, 0.1) is 0 Å². The van der Waals surface area contributed by atoms with Gasteiger partial charge < -0.3 is 11.1 Å². The molecule has 0 atom stereocenters. The smallest absolute Gasteiger partial charge is 0.238 e. The molecule has 1 heterocycles. The Balaban J connectivity index is 1.81. The normalized spacial score (nSPS) is 17.6. The summed E-state index contributed by atoms with van der Waals surface area (Å²) in [6.07, 6.45) is 0. The number of nitrogens with zero attached hydrogens (tertiary/aromatic N) is 1. The van der Waals surface area contributed by atoms with Crippen molar-refractivity contribution in [3.8, 4) is 0 Å². The highest BCUT2D eigenvalue weighted by Crippen LogP contribution is 2.10. The van der Waals surface area contributed by atoms with Crippen LogP contribution in [0.3, 0.4) is 0 Å². The lowest BCUT2D eigenvalue weighted by molar-refractivity contribution is -0.117. The Kier molecular flexibility index (Phi) is 4.33. The second-order valence-electron chi connectivity index (χ2n) is 4.29. The molecule has 0 radical (unpaired) electrons. The molecule has 1 aromatic carbocycles. The highest BCUT2D eigenvalue weighted by atomic mass is 32.2. The number of carbonyl (C=O) groups is 1. The van der Waals surface area contributed by atoms with Crippen LogP contribution in [0.1, 0.15) is 0 Å². The van der Waals surface area contributed by atoms with Gasteiger partial charge in [-0.1, -0.05) is 0 Å². The molecule has 1 aliphatic heterocycles. The summed E-state index contributed by atoms with van der Waals surface area (Å²) in [6, 6.07) is 7.05. The van der Waals surface area contributed by atoms with Crippen LogP contribution in [0.5, 0.6) is 0 Å². The number of nitrogens with one attached hydrogen (secondary N) is 1. The number of carbonyl (C=O) groups excluding carboxylic acids is 1. The zero-order chi connectivity index (χ0) is 13.0. The summed E-state index contributed by atoms with van der Waals surface area (Å²) in [7, 11) is -0.704. The van der Waals surface area contributed by atoms with E-state index in [1.54, 1.807) is 24.3 Å². The molecular formula is C12H17N3O2S. The summed E-state index contributed by atoms with van der Waals surface area (Å²) < 4.78 is 11.2. The molecule has 3 N–H and O–H groups in total. The molecule has 0 aliphatic carbocycles. The second kappa shape index (κ2) is 5.97. The van der Waals surface area contributed by atoms with E-state index in [0.717, 1.165) is 18.8 Å². The van der Waals surface area contributed by atoms with Crippen LogP contribution >= 0.6 is 0 Å². The molecule has 2 rings (SSSR count). The summed E-state index contributed by atoms with van der Waals surface area (Å²) >= 11 is 0. The van der Waals surface area contributed by atoms with E-state index in [4.69, 9.17) is 5.73 Å². The minimum Gasteiger partial charge on any atom is -0.399 e. The van der Waals surface area contributed by atoms with Gasteiger partial charge >= 0.3 is 0 Å². The largest absolute Gasteiger partial charge is 0.399 e. The number of hydrogen-bond donors (Lipinski definition) is 2. The van der Waals surface area contributed by atoms with Crippen molar-refractivity contribution in [2.45, 2.75) is 0 Å². The van der Waals surface area contributed by atoms with Gasteiger partial charge in [0.25, 0.3) is 0 Å². The van der Waals surface area contributed by atoms with E-state index < -0.39 is 10.8 Å². The van der Waals surface area contributed by atoms with Crippen LogP contribution in [0.4, 0.5) is 11.4 Å². The molecule has 0 aromatic heterocycles. The lowest BCUT2D eigenvalue weighted by atomic mass is 10.3. The SMILES string of the molecule is Nc1ccc(NC(=O)CN2CCS(=O)CC2)cc1. The van der Waals surface area contributed by atoms with Gasteiger partial charge in [0.1, 0.15) is 0 Å². The van der Waals surface area contributed by atoms with Gasteiger partial charge in [-0.25, -0.2) is 0 Å². The van der Waals surface area contributed by atoms with Crippen LogP contribution in [0.2, 0.25) is 0 Å². The van der Waals surface area contributed by atoms with Crippen molar-refractivity contribution < 1.29 is 9.00 Å². The third kappa shape index (κ3) is 3.82. The third-order valence-electron chi connectivity index (χ3n) is 2.83. The van der Waals surface area contributed by atoms with Crippen molar-refractivity contribution >= 4 is 28.1 Å². The molecule has 98 valence electrons. The van der Waals surface area contributed by atoms with Crippen LogP contribution in [0.25, 0.3) is 0 Å². The maximum atomic E-state index is 11.8. The van der Waals surface area contributed by atoms with Gasteiger partial charge in [-0.3, -0.25) is 13.9 Å². The van der Waals surface area contributed by atoms with Crippen LogP contribution < -0.4 is 11.1 Å². The monoisotopic (exact) mass is 267 g/mol. The fourth-order valence-electron chi connectivity index (χ4n) is 1.80. The van der Waals surface area contributed by atoms with Crippen molar-refractivity contribution in [1.29, 1.82) is 0 Å². The van der Waals surface area contributed by atoms with E-state index >= 15 is 0 Å². The maximum absolute atomic E-state index is 11.8. The zero-order valence-corrected chi connectivity index (χ0v) is 10.9. The molecule has 1 saturated heterocycles. The number of nitrogens with two attached hydrogens (primary N) is 1. The first kappa shape index (κ1) is 13.0. The van der Waals surface area contributed by atoms with E-state index in [1.165, 1.54) is 0 Å². The molecule has 1 aromatic rings. The Bertz CT molecular complexity index is 437. The minimum atomic E-state index is -0.704. The average molecular weight is 267 g/mol. The molecule has 5 nitrogen and oxygen atoms in total. The van der Waals surface area contributed by atoms with Crippen molar-refractivity contribution in [2.24, 2.45) is 0 Å². The Hall–Kier alpha value is -1.40. The summed E-state index contributed by atoms with van der Waals surface area (Å²) in [5.74, 6) is 1.28. The number of hydrogen-bond acceptors (Lipinski definition) is 4. The van der Waals surface area contributed by atoms with E-state index in [9.17, 15) is 9.00 Å². The van der Waals surface area contributed by atoms with Gasteiger partial charge in [-0.15, -0.1) is 0 Å². The standard InChI is InChI=1S/C12H17N3O2S/c13-10-1-3-11(4-2-10)14-12(16)9-15-5-7-18(17)8-6-15/h1-4H,5-9,13H2,(H,14,16). The number of benzene rings is 1. The van der Waals surface area contributed by atoms with Gasteiger partial charge in [0.05, 0.1) is 6.54 Å². The van der Waals surface area contributed by atoms with Gasteiger partial charge in [-0.05, 0) is 24.3 Å². The Morgan fingerprint density at radius 2 is 1.89 bits per heavy atom. The molecular weight excluding hydrogens is 250 g/mol. The number of rotatable bonds is 3. The van der Waals surface area contributed by atoms with E-state index in [-0.39, 0.29) is 5.91 Å². The van der Waals surface area contributed by atoms with Crippen LogP contribution in [-0.2, 0) is 15.6 Å². The van der Waals surface area contributed by atoms with E-state index in [1.807, 2.05) is 4.90 Å². The molecule has 18 heavy (non-hydrogen) atoms. The summed E-state index contributed by atoms with van der Waals surface area (Å²) in [6.45, 7) is 1.80. The van der Waals surface area contributed by atoms with Gasteiger partial charge in [0.15, 0.2) is 0 Å². The van der Waals surface area contributed by atoms with Crippen LogP contribution in [0.15, 0.2) is 24.3 Å².